The third-order valence-corrected chi connectivity index (χ3v) is 4.25. The normalized spacial score (nSPS) is 12.9. The summed E-state index contributed by atoms with van der Waals surface area (Å²) in [5, 5.41) is 0. The van der Waals surface area contributed by atoms with Crippen molar-refractivity contribution in [1.29, 1.82) is 0 Å². The van der Waals surface area contributed by atoms with Crippen molar-refractivity contribution in [3.8, 4) is 0 Å². The molecule has 0 aliphatic heterocycles. The largest absolute Gasteiger partial charge is 0.465 e. The molecule has 4 heteroatoms. The third kappa shape index (κ3) is 4.41. The van der Waals surface area contributed by atoms with E-state index in [4.69, 9.17) is 4.74 Å². The number of carbonyl (C=O) groups excluding carboxylic acids is 3. The Morgan fingerprint density at radius 2 is 1.48 bits per heavy atom. The number of ether oxygens (including phenoxy) is 1. The highest BCUT2D eigenvalue weighted by Gasteiger charge is 2.46. The van der Waals surface area contributed by atoms with Crippen molar-refractivity contribution in [3.63, 3.8) is 0 Å². The number of rotatable bonds is 8. The van der Waals surface area contributed by atoms with Crippen molar-refractivity contribution < 1.29 is 19.1 Å². The van der Waals surface area contributed by atoms with Crippen LogP contribution >= 0.6 is 0 Å². The number of ketones is 2. The highest BCUT2D eigenvalue weighted by atomic mass is 16.5. The Labute approximate surface area is 147 Å². The first-order valence-corrected chi connectivity index (χ1v) is 8.30. The van der Waals surface area contributed by atoms with E-state index in [0.29, 0.717) is 5.56 Å². The smallest absolute Gasteiger partial charge is 0.320 e. The molecule has 0 radical (unpaired) electrons. The topological polar surface area (TPSA) is 60.4 Å². The molecule has 0 aliphatic carbocycles. The summed E-state index contributed by atoms with van der Waals surface area (Å²) in [7, 11) is 0. The molecule has 2 aromatic rings. The van der Waals surface area contributed by atoms with Crippen LogP contribution in [0.2, 0.25) is 0 Å². The number of hydrogen-bond acceptors (Lipinski definition) is 4. The Kier molecular flexibility index (Phi) is 6.23. The fourth-order valence-electron chi connectivity index (χ4n) is 2.81. The van der Waals surface area contributed by atoms with Gasteiger partial charge in [-0.3, -0.25) is 14.4 Å². The zero-order valence-corrected chi connectivity index (χ0v) is 14.5. The van der Waals surface area contributed by atoms with Crippen LogP contribution in [-0.2, 0) is 20.7 Å². The Bertz CT molecular complexity index is 737. The summed E-state index contributed by atoms with van der Waals surface area (Å²) in [5.41, 5.74) is -0.221. The summed E-state index contributed by atoms with van der Waals surface area (Å²) in [6, 6.07) is 17.9. The van der Waals surface area contributed by atoms with Gasteiger partial charge in [0.2, 0.25) is 0 Å². The molecular weight excluding hydrogens is 316 g/mol. The van der Waals surface area contributed by atoms with Crippen molar-refractivity contribution in [3.05, 3.63) is 71.8 Å². The zero-order chi connectivity index (χ0) is 18.3. The van der Waals surface area contributed by atoms with Crippen LogP contribution in [0.25, 0.3) is 0 Å². The molecule has 2 rings (SSSR count). The van der Waals surface area contributed by atoms with Gasteiger partial charge in [-0.15, -0.1) is 0 Å². The minimum Gasteiger partial charge on any atom is -0.465 e. The van der Waals surface area contributed by atoms with Crippen molar-refractivity contribution in [1.82, 2.24) is 0 Å². The molecule has 1 atom stereocenters. The number of hydrogen-bond donors (Lipinski definition) is 0. The maximum atomic E-state index is 12.7. The Morgan fingerprint density at radius 3 is 2.00 bits per heavy atom. The third-order valence-electron chi connectivity index (χ3n) is 4.25. The molecule has 0 unspecified atom stereocenters. The van der Waals surface area contributed by atoms with Gasteiger partial charge >= 0.3 is 5.97 Å². The predicted molar refractivity (Wildman–Crippen MR) is 95.3 cm³/mol. The van der Waals surface area contributed by atoms with Gasteiger partial charge in [0.15, 0.2) is 5.78 Å². The summed E-state index contributed by atoms with van der Waals surface area (Å²) in [4.78, 5) is 37.9. The van der Waals surface area contributed by atoms with Crippen LogP contribution in [0, 0.1) is 5.41 Å². The molecule has 0 fully saturated rings. The Hall–Kier alpha value is -2.75. The molecule has 0 saturated carbocycles. The molecule has 0 amide bonds. The molecule has 0 aromatic heterocycles. The van der Waals surface area contributed by atoms with Crippen LogP contribution in [-0.4, -0.2) is 24.1 Å². The monoisotopic (exact) mass is 338 g/mol. The molecule has 2 aromatic carbocycles. The van der Waals surface area contributed by atoms with Gasteiger partial charge in [-0.05, 0) is 25.8 Å². The maximum Gasteiger partial charge on any atom is 0.320 e. The second-order valence-electron chi connectivity index (χ2n) is 5.99. The van der Waals surface area contributed by atoms with Gasteiger partial charge in [0, 0.05) is 12.0 Å². The summed E-state index contributed by atoms with van der Waals surface area (Å²) < 4.78 is 5.17. The number of benzene rings is 2. The van der Waals surface area contributed by atoms with Crippen LogP contribution in [0.15, 0.2) is 60.7 Å². The average Bonchev–Trinajstić information content (AvgIpc) is 2.62. The van der Waals surface area contributed by atoms with Crippen molar-refractivity contribution >= 4 is 17.5 Å². The minimum atomic E-state index is -1.51. The van der Waals surface area contributed by atoms with Gasteiger partial charge in [-0.2, -0.15) is 0 Å². The van der Waals surface area contributed by atoms with E-state index in [0.717, 1.165) is 5.56 Å². The molecule has 130 valence electrons. The quantitative estimate of drug-likeness (QED) is 0.419. The Balaban J connectivity index is 2.40. The predicted octanol–water partition coefficient (Wildman–Crippen LogP) is 3.64. The Morgan fingerprint density at radius 1 is 0.920 bits per heavy atom. The molecule has 0 aliphatic rings. The van der Waals surface area contributed by atoms with Gasteiger partial charge in [0.05, 0.1) is 6.61 Å². The molecule has 0 bridgehead atoms. The molecular formula is C21H22O4. The van der Waals surface area contributed by atoms with Gasteiger partial charge in [-0.25, -0.2) is 0 Å². The van der Waals surface area contributed by atoms with Gasteiger partial charge in [0.25, 0.3) is 0 Å². The SMILES string of the molecule is CCOC(=O)[C@](CC(=O)c1ccccc1)(Cc1ccccc1)C(C)=O. The van der Waals surface area contributed by atoms with E-state index in [1.807, 2.05) is 36.4 Å². The summed E-state index contributed by atoms with van der Waals surface area (Å²) in [5.74, 6) is -1.26. The molecule has 0 saturated heterocycles. The molecule has 25 heavy (non-hydrogen) atoms. The van der Waals surface area contributed by atoms with E-state index in [2.05, 4.69) is 0 Å². The fraction of sp³-hybridized carbons (Fsp3) is 0.286. The standard InChI is InChI=1S/C21H22O4/c1-3-25-20(24)21(16(2)22,14-17-10-6-4-7-11-17)15-19(23)18-12-8-5-9-13-18/h4-13H,3,14-15H2,1-2H3/t21-/m0/s1. The first kappa shape index (κ1) is 18.6. The lowest BCUT2D eigenvalue weighted by molar-refractivity contribution is -0.159. The number of esters is 1. The second-order valence-corrected chi connectivity index (χ2v) is 5.99. The van der Waals surface area contributed by atoms with Crippen LogP contribution in [0.3, 0.4) is 0 Å². The fourth-order valence-corrected chi connectivity index (χ4v) is 2.81. The number of carbonyl (C=O) groups is 3. The lowest BCUT2D eigenvalue weighted by Gasteiger charge is -2.28. The zero-order valence-electron chi connectivity index (χ0n) is 14.5. The van der Waals surface area contributed by atoms with Crippen LogP contribution in [0.5, 0.6) is 0 Å². The van der Waals surface area contributed by atoms with Crippen LogP contribution in [0.1, 0.15) is 36.2 Å². The highest BCUT2D eigenvalue weighted by molar-refractivity contribution is 6.09. The van der Waals surface area contributed by atoms with Crippen molar-refractivity contribution in [2.75, 3.05) is 6.61 Å². The molecule has 0 heterocycles. The van der Waals surface area contributed by atoms with Gasteiger partial charge in [0.1, 0.15) is 11.2 Å². The van der Waals surface area contributed by atoms with E-state index in [9.17, 15) is 14.4 Å². The van der Waals surface area contributed by atoms with Crippen LogP contribution < -0.4 is 0 Å². The summed E-state index contributed by atoms with van der Waals surface area (Å²) in [6.45, 7) is 3.19. The lowest BCUT2D eigenvalue weighted by atomic mass is 9.73. The van der Waals surface area contributed by atoms with E-state index < -0.39 is 11.4 Å². The second kappa shape index (κ2) is 8.38. The van der Waals surface area contributed by atoms with Gasteiger partial charge < -0.3 is 4.74 Å². The first-order valence-electron chi connectivity index (χ1n) is 8.30. The minimum absolute atomic E-state index is 0.139. The van der Waals surface area contributed by atoms with Crippen molar-refractivity contribution in [2.45, 2.75) is 26.7 Å². The summed E-state index contributed by atoms with van der Waals surface area (Å²) in [6.07, 6.45) is -0.0688. The van der Waals surface area contributed by atoms with Crippen molar-refractivity contribution in [2.24, 2.45) is 5.41 Å². The highest BCUT2D eigenvalue weighted by Crippen LogP contribution is 2.32. The van der Waals surface area contributed by atoms with E-state index >= 15 is 0 Å². The lowest BCUT2D eigenvalue weighted by Crippen LogP contribution is -2.43. The average molecular weight is 338 g/mol. The van der Waals surface area contributed by atoms with Gasteiger partial charge in [-0.1, -0.05) is 60.7 Å². The van der Waals surface area contributed by atoms with E-state index in [-0.39, 0.29) is 31.0 Å². The molecule has 4 nitrogen and oxygen atoms in total. The summed E-state index contributed by atoms with van der Waals surface area (Å²) >= 11 is 0. The van der Waals surface area contributed by atoms with E-state index in [1.165, 1.54) is 6.92 Å². The number of Topliss-reactive ketones (excluding diaryl/α,β-unsaturated/α-hetero) is 2. The van der Waals surface area contributed by atoms with E-state index in [1.54, 1.807) is 31.2 Å². The maximum absolute atomic E-state index is 12.7. The van der Waals surface area contributed by atoms with Crippen LogP contribution in [0.4, 0.5) is 0 Å². The first-order chi connectivity index (χ1) is 12.0. The molecule has 0 spiro atoms. The molecule has 0 N–H and O–H groups in total.